The van der Waals surface area contributed by atoms with Crippen LogP contribution in [-0.2, 0) is 5.75 Å². The highest BCUT2D eigenvalue weighted by Gasteiger charge is 2.11. The van der Waals surface area contributed by atoms with Crippen LogP contribution in [0.25, 0.3) is 21.9 Å². The molecule has 3 rings (SSSR count). The molecule has 0 unspecified atom stereocenters. The minimum atomic E-state index is 0.356. The van der Waals surface area contributed by atoms with Gasteiger partial charge in [-0.25, -0.2) is 15.0 Å². The number of rotatable bonds is 2. The van der Waals surface area contributed by atoms with Crippen LogP contribution in [0.2, 0.25) is 0 Å². The molecular formula is C13H14N4S. The van der Waals surface area contributed by atoms with Gasteiger partial charge in [-0.3, -0.25) is 0 Å². The van der Waals surface area contributed by atoms with E-state index in [4.69, 9.17) is 0 Å². The van der Waals surface area contributed by atoms with Gasteiger partial charge in [-0.2, -0.15) is 12.6 Å². The summed E-state index contributed by atoms with van der Waals surface area (Å²) in [5, 5.41) is 1.04. The van der Waals surface area contributed by atoms with Gasteiger partial charge in [0.15, 0.2) is 0 Å². The fraction of sp³-hybridized carbons (Fsp3) is 0.308. The summed E-state index contributed by atoms with van der Waals surface area (Å²) < 4.78 is 2.15. The number of thiol groups is 1. The minimum Gasteiger partial charge on any atom is -0.326 e. The first-order valence-electron chi connectivity index (χ1n) is 5.92. The molecule has 0 saturated heterocycles. The van der Waals surface area contributed by atoms with Crippen molar-refractivity contribution in [3.63, 3.8) is 0 Å². The molecule has 4 nitrogen and oxygen atoms in total. The van der Waals surface area contributed by atoms with Crippen LogP contribution in [0.15, 0.2) is 24.7 Å². The first-order chi connectivity index (χ1) is 8.70. The number of nitrogens with zero attached hydrogens (tertiary/aromatic N) is 4. The van der Waals surface area contributed by atoms with Crippen molar-refractivity contribution in [3.05, 3.63) is 30.5 Å². The molecule has 0 fully saturated rings. The van der Waals surface area contributed by atoms with E-state index in [1.807, 2.05) is 24.7 Å². The van der Waals surface area contributed by atoms with Crippen LogP contribution in [-0.4, -0.2) is 19.5 Å². The van der Waals surface area contributed by atoms with Crippen LogP contribution in [0, 0.1) is 0 Å². The summed E-state index contributed by atoms with van der Waals surface area (Å²) in [6, 6.07) is 4.38. The van der Waals surface area contributed by atoms with Crippen molar-refractivity contribution >= 4 is 34.6 Å². The van der Waals surface area contributed by atoms with Crippen molar-refractivity contribution in [2.45, 2.75) is 25.6 Å². The lowest BCUT2D eigenvalue weighted by atomic mass is 10.2. The van der Waals surface area contributed by atoms with Crippen molar-refractivity contribution in [3.8, 4) is 0 Å². The molecule has 0 aliphatic rings. The summed E-state index contributed by atoms with van der Waals surface area (Å²) in [6.07, 6.45) is 3.72. The molecule has 92 valence electrons. The molecule has 18 heavy (non-hydrogen) atoms. The molecule has 2 heterocycles. The number of benzene rings is 1. The molecule has 5 heteroatoms. The monoisotopic (exact) mass is 258 g/mol. The Morgan fingerprint density at radius 3 is 2.83 bits per heavy atom. The van der Waals surface area contributed by atoms with E-state index in [-0.39, 0.29) is 0 Å². The highest BCUT2D eigenvalue weighted by molar-refractivity contribution is 7.79. The first kappa shape index (κ1) is 11.5. The maximum atomic E-state index is 4.59. The fourth-order valence-corrected chi connectivity index (χ4v) is 2.27. The smallest absolute Gasteiger partial charge is 0.138 e. The van der Waals surface area contributed by atoms with Gasteiger partial charge >= 0.3 is 0 Å². The molecule has 2 aromatic heterocycles. The summed E-state index contributed by atoms with van der Waals surface area (Å²) in [5.74, 6) is 1.29. The molecule has 0 aliphatic carbocycles. The van der Waals surface area contributed by atoms with Crippen molar-refractivity contribution < 1.29 is 0 Å². The van der Waals surface area contributed by atoms with Crippen LogP contribution in [0.1, 0.15) is 25.7 Å². The van der Waals surface area contributed by atoms with Crippen LogP contribution in [0.3, 0.4) is 0 Å². The van der Waals surface area contributed by atoms with Gasteiger partial charge in [-0.15, -0.1) is 0 Å². The maximum Gasteiger partial charge on any atom is 0.138 e. The van der Waals surface area contributed by atoms with Crippen LogP contribution in [0.4, 0.5) is 0 Å². The second-order valence-electron chi connectivity index (χ2n) is 4.56. The number of hydrogen-bond acceptors (Lipinski definition) is 4. The molecule has 0 amide bonds. The number of aromatic nitrogens is 4. The van der Waals surface area contributed by atoms with Gasteiger partial charge < -0.3 is 4.57 Å². The number of imidazole rings is 1. The number of hydrogen-bond donors (Lipinski definition) is 1. The van der Waals surface area contributed by atoms with E-state index in [0.29, 0.717) is 11.8 Å². The zero-order valence-corrected chi connectivity index (χ0v) is 11.2. The van der Waals surface area contributed by atoms with Crippen molar-refractivity contribution in [1.82, 2.24) is 19.5 Å². The van der Waals surface area contributed by atoms with Gasteiger partial charge in [0, 0.05) is 17.6 Å². The highest BCUT2D eigenvalue weighted by Crippen LogP contribution is 2.25. The third-order valence-electron chi connectivity index (χ3n) is 3.03. The zero-order chi connectivity index (χ0) is 12.7. The summed E-state index contributed by atoms with van der Waals surface area (Å²) >= 11 is 4.23. The van der Waals surface area contributed by atoms with Crippen LogP contribution < -0.4 is 0 Å². The highest BCUT2D eigenvalue weighted by atomic mass is 32.1. The van der Waals surface area contributed by atoms with Crippen molar-refractivity contribution in [1.29, 1.82) is 0 Å². The van der Waals surface area contributed by atoms with E-state index in [1.54, 1.807) is 0 Å². The van der Waals surface area contributed by atoms with E-state index >= 15 is 0 Å². The second kappa shape index (κ2) is 4.24. The van der Waals surface area contributed by atoms with Gasteiger partial charge in [-0.1, -0.05) is 0 Å². The molecule has 0 aliphatic heterocycles. The minimum absolute atomic E-state index is 0.356. The Morgan fingerprint density at radius 2 is 2.11 bits per heavy atom. The quantitative estimate of drug-likeness (QED) is 0.719. The first-order valence-corrected chi connectivity index (χ1v) is 6.56. The third-order valence-corrected chi connectivity index (χ3v) is 3.31. The Balaban J connectivity index is 2.44. The Kier molecular flexibility index (Phi) is 2.70. The SMILES string of the molecule is CC(C)n1cnc2ccc3cnc(CS)nc3c21. The summed E-state index contributed by atoms with van der Waals surface area (Å²) in [5.41, 5.74) is 3.01. The predicted octanol–water partition coefficient (Wildman–Crippen LogP) is 2.99. The molecule has 0 spiro atoms. The van der Waals surface area contributed by atoms with Crippen molar-refractivity contribution in [2.24, 2.45) is 0 Å². The summed E-state index contributed by atoms with van der Waals surface area (Å²) in [4.78, 5) is 13.3. The molecule has 0 bridgehead atoms. The van der Waals surface area contributed by atoms with Gasteiger partial charge in [0.1, 0.15) is 5.82 Å². The molecular weight excluding hydrogens is 244 g/mol. The number of fused-ring (bicyclic) bond motifs is 3. The van der Waals surface area contributed by atoms with Gasteiger partial charge in [0.25, 0.3) is 0 Å². The average molecular weight is 258 g/mol. The van der Waals surface area contributed by atoms with Gasteiger partial charge in [0.05, 0.1) is 28.6 Å². The predicted molar refractivity (Wildman–Crippen MR) is 75.9 cm³/mol. The lowest BCUT2D eigenvalue weighted by Gasteiger charge is -2.09. The maximum absolute atomic E-state index is 4.59. The Labute approximate surface area is 110 Å². The lowest BCUT2D eigenvalue weighted by Crippen LogP contribution is -2.00. The largest absolute Gasteiger partial charge is 0.326 e. The van der Waals surface area contributed by atoms with E-state index < -0.39 is 0 Å². The average Bonchev–Trinajstić information content (AvgIpc) is 2.82. The normalized spacial score (nSPS) is 11.8. The van der Waals surface area contributed by atoms with E-state index in [1.165, 1.54) is 0 Å². The van der Waals surface area contributed by atoms with E-state index in [2.05, 4.69) is 46.0 Å². The fourth-order valence-electron chi connectivity index (χ4n) is 2.12. The summed E-state index contributed by atoms with van der Waals surface area (Å²) in [6.45, 7) is 4.28. The van der Waals surface area contributed by atoms with Crippen molar-refractivity contribution in [2.75, 3.05) is 0 Å². The Morgan fingerprint density at radius 1 is 1.28 bits per heavy atom. The van der Waals surface area contributed by atoms with Crippen LogP contribution >= 0.6 is 12.6 Å². The molecule has 1 aromatic carbocycles. The summed E-state index contributed by atoms with van der Waals surface area (Å²) in [7, 11) is 0. The second-order valence-corrected chi connectivity index (χ2v) is 4.88. The van der Waals surface area contributed by atoms with E-state index in [9.17, 15) is 0 Å². The molecule has 0 N–H and O–H groups in total. The molecule has 0 atom stereocenters. The molecule has 3 aromatic rings. The lowest BCUT2D eigenvalue weighted by molar-refractivity contribution is 0.618. The van der Waals surface area contributed by atoms with Gasteiger partial charge in [0.2, 0.25) is 0 Å². The van der Waals surface area contributed by atoms with Gasteiger partial charge in [-0.05, 0) is 26.0 Å². The standard InChI is InChI=1S/C13H14N4S/c1-8(2)17-7-15-10-4-3-9-5-14-11(6-18)16-12(9)13(10)17/h3-5,7-8,18H,6H2,1-2H3. The van der Waals surface area contributed by atoms with Crippen LogP contribution in [0.5, 0.6) is 0 Å². The van der Waals surface area contributed by atoms with E-state index in [0.717, 1.165) is 27.8 Å². The Hall–Kier alpha value is -1.62. The Bertz CT molecular complexity index is 717. The topological polar surface area (TPSA) is 43.6 Å². The third kappa shape index (κ3) is 1.66. The molecule has 0 saturated carbocycles. The zero-order valence-electron chi connectivity index (χ0n) is 10.3. The molecule has 0 radical (unpaired) electrons.